The SMILES string of the molecule is CNC(=O)[C@@H](c1ccc(OC)cc1)N1CCC[C@H]1C(=O)NC(C)C. The lowest BCUT2D eigenvalue weighted by Gasteiger charge is -2.32. The Morgan fingerprint density at radius 1 is 1.25 bits per heavy atom. The average molecular weight is 333 g/mol. The Kier molecular flexibility index (Phi) is 6.20. The number of ether oxygens (including phenoxy) is 1. The molecule has 0 spiro atoms. The van der Waals surface area contributed by atoms with Gasteiger partial charge in [0.15, 0.2) is 0 Å². The molecule has 1 saturated heterocycles. The fourth-order valence-electron chi connectivity index (χ4n) is 3.18. The molecule has 0 aromatic heterocycles. The third kappa shape index (κ3) is 4.06. The fourth-order valence-corrected chi connectivity index (χ4v) is 3.18. The lowest BCUT2D eigenvalue weighted by molar-refractivity contribution is -0.131. The lowest BCUT2D eigenvalue weighted by atomic mass is 10.0. The number of hydrogen-bond donors (Lipinski definition) is 2. The van der Waals surface area contributed by atoms with Crippen LogP contribution in [0.4, 0.5) is 0 Å². The van der Waals surface area contributed by atoms with E-state index in [1.165, 1.54) is 0 Å². The van der Waals surface area contributed by atoms with Crippen molar-refractivity contribution in [3.8, 4) is 5.75 Å². The Bertz CT molecular complexity index is 571. The second-order valence-electron chi connectivity index (χ2n) is 6.35. The highest BCUT2D eigenvalue weighted by molar-refractivity contribution is 5.86. The largest absolute Gasteiger partial charge is 0.497 e. The van der Waals surface area contributed by atoms with Crippen LogP contribution in [-0.4, -0.2) is 49.5 Å². The first-order valence-electron chi connectivity index (χ1n) is 8.39. The molecule has 2 atom stereocenters. The number of methoxy groups -OCH3 is 1. The molecule has 6 nitrogen and oxygen atoms in total. The molecule has 0 bridgehead atoms. The molecule has 0 unspecified atom stereocenters. The van der Waals surface area contributed by atoms with Crippen LogP contribution in [0.1, 0.15) is 38.3 Å². The van der Waals surface area contributed by atoms with Gasteiger partial charge in [0.2, 0.25) is 11.8 Å². The molecule has 1 aliphatic rings. The van der Waals surface area contributed by atoms with Gasteiger partial charge in [-0.1, -0.05) is 12.1 Å². The number of benzene rings is 1. The first-order valence-corrected chi connectivity index (χ1v) is 8.39. The smallest absolute Gasteiger partial charge is 0.241 e. The lowest BCUT2D eigenvalue weighted by Crippen LogP contribution is -2.49. The summed E-state index contributed by atoms with van der Waals surface area (Å²) in [6, 6.07) is 6.76. The maximum atomic E-state index is 12.5. The summed E-state index contributed by atoms with van der Waals surface area (Å²) in [6.45, 7) is 4.61. The van der Waals surface area contributed by atoms with Crippen molar-refractivity contribution < 1.29 is 14.3 Å². The van der Waals surface area contributed by atoms with Crippen LogP contribution >= 0.6 is 0 Å². The van der Waals surface area contributed by atoms with Gasteiger partial charge in [0, 0.05) is 19.6 Å². The van der Waals surface area contributed by atoms with Crippen molar-refractivity contribution >= 4 is 11.8 Å². The molecule has 1 aromatic carbocycles. The zero-order valence-electron chi connectivity index (χ0n) is 14.8. The third-order valence-electron chi connectivity index (χ3n) is 4.29. The van der Waals surface area contributed by atoms with Gasteiger partial charge in [-0.15, -0.1) is 0 Å². The molecule has 0 aliphatic carbocycles. The summed E-state index contributed by atoms with van der Waals surface area (Å²) in [7, 11) is 3.23. The zero-order valence-corrected chi connectivity index (χ0v) is 14.8. The predicted molar refractivity (Wildman–Crippen MR) is 92.8 cm³/mol. The number of rotatable bonds is 6. The first-order chi connectivity index (χ1) is 11.5. The molecule has 0 radical (unpaired) electrons. The Morgan fingerprint density at radius 3 is 2.46 bits per heavy atom. The highest BCUT2D eigenvalue weighted by atomic mass is 16.5. The van der Waals surface area contributed by atoms with E-state index in [0.29, 0.717) is 0 Å². The minimum atomic E-state index is -0.480. The minimum absolute atomic E-state index is 0.00934. The van der Waals surface area contributed by atoms with Gasteiger partial charge < -0.3 is 15.4 Å². The second-order valence-corrected chi connectivity index (χ2v) is 6.35. The molecule has 1 fully saturated rings. The molecule has 2 rings (SSSR count). The average Bonchev–Trinajstić information content (AvgIpc) is 3.04. The summed E-state index contributed by atoms with van der Waals surface area (Å²) in [6.07, 6.45) is 1.67. The molecule has 2 N–H and O–H groups in total. The van der Waals surface area contributed by atoms with E-state index in [2.05, 4.69) is 10.6 Å². The number of nitrogens with zero attached hydrogens (tertiary/aromatic N) is 1. The van der Waals surface area contributed by atoms with Crippen molar-refractivity contribution in [3.63, 3.8) is 0 Å². The van der Waals surface area contributed by atoms with Crippen molar-refractivity contribution in [2.45, 2.75) is 44.8 Å². The van der Waals surface area contributed by atoms with Crippen molar-refractivity contribution in [2.24, 2.45) is 0 Å². The monoisotopic (exact) mass is 333 g/mol. The highest BCUT2D eigenvalue weighted by Gasteiger charge is 2.39. The van der Waals surface area contributed by atoms with Crippen LogP contribution in [0.2, 0.25) is 0 Å². The number of likely N-dealkylation sites (N-methyl/N-ethyl adjacent to an activating group) is 1. The van der Waals surface area contributed by atoms with Crippen LogP contribution in [0.25, 0.3) is 0 Å². The van der Waals surface area contributed by atoms with Crippen molar-refractivity contribution in [1.29, 1.82) is 0 Å². The first kappa shape index (κ1) is 18.3. The van der Waals surface area contributed by atoms with E-state index in [9.17, 15) is 9.59 Å². The quantitative estimate of drug-likeness (QED) is 0.827. The van der Waals surface area contributed by atoms with Gasteiger partial charge in [-0.05, 0) is 44.4 Å². The molecular weight excluding hydrogens is 306 g/mol. The summed E-state index contributed by atoms with van der Waals surface area (Å²) in [4.78, 5) is 27.0. The van der Waals surface area contributed by atoms with E-state index in [1.54, 1.807) is 14.2 Å². The van der Waals surface area contributed by atoms with Crippen LogP contribution in [-0.2, 0) is 9.59 Å². The molecule has 1 aliphatic heterocycles. The number of carbonyl (C=O) groups is 2. The number of likely N-dealkylation sites (tertiary alicyclic amines) is 1. The summed E-state index contributed by atoms with van der Waals surface area (Å²) < 4.78 is 5.19. The molecule has 6 heteroatoms. The van der Waals surface area contributed by atoms with Crippen LogP contribution in [0.15, 0.2) is 24.3 Å². The van der Waals surface area contributed by atoms with Gasteiger partial charge in [-0.2, -0.15) is 0 Å². The second kappa shape index (κ2) is 8.15. The van der Waals surface area contributed by atoms with E-state index >= 15 is 0 Å². The van der Waals surface area contributed by atoms with Crippen LogP contribution in [0, 0.1) is 0 Å². The number of nitrogens with one attached hydrogen (secondary N) is 2. The summed E-state index contributed by atoms with van der Waals surface area (Å²) in [5.41, 5.74) is 0.861. The van der Waals surface area contributed by atoms with E-state index < -0.39 is 6.04 Å². The summed E-state index contributed by atoms with van der Waals surface area (Å²) in [5.74, 6) is 0.624. The molecule has 1 heterocycles. The van der Waals surface area contributed by atoms with Crippen LogP contribution in [0.3, 0.4) is 0 Å². The molecular formula is C18H27N3O3. The molecule has 0 saturated carbocycles. The van der Waals surface area contributed by atoms with Gasteiger partial charge in [-0.25, -0.2) is 0 Å². The van der Waals surface area contributed by atoms with Gasteiger partial charge in [-0.3, -0.25) is 14.5 Å². The number of amides is 2. The van der Waals surface area contributed by atoms with Gasteiger partial charge in [0.05, 0.1) is 13.2 Å². The Labute approximate surface area is 143 Å². The van der Waals surface area contributed by atoms with Crippen LogP contribution < -0.4 is 15.4 Å². The normalized spacial score (nSPS) is 19.1. The Morgan fingerprint density at radius 2 is 1.92 bits per heavy atom. The van der Waals surface area contributed by atoms with E-state index in [0.717, 1.165) is 30.7 Å². The predicted octanol–water partition coefficient (Wildman–Crippen LogP) is 1.47. The zero-order chi connectivity index (χ0) is 17.7. The topological polar surface area (TPSA) is 70.7 Å². The van der Waals surface area contributed by atoms with Crippen LogP contribution in [0.5, 0.6) is 5.75 Å². The number of hydrogen-bond acceptors (Lipinski definition) is 4. The minimum Gasteiger partial charge on any atom is -0.497 e. The van der Waals surface area contributed by atoms with Gasteiger partial charge in [0.1, 0.15) is 11.8 Å². The highest BCUT2D eigenvalue weighted by Crippen LogP contribution is 2.31. The molecule has 1 aromatic rings. The van der Waals surface area contributed by atoms with Crippen molar-refractivity contribution in [2.75, 3.05) is 20.7 Å². The summed E-state index contributed by atoms with van der Waals surface area (Å²) in [5, 5.41) is 5.69. The maximum absolute atomic E-state index is 12.5. The van der Waals surface area contributed by atoms with E-state index in [1.807, 2.05) is 43.0 Å². The summed E-state index contributed by atoms with van der Waals surface area (Å²) >= 11 is 0. The number of carbonyl (C=O) groups excluding carboxylic acids is 2. The Hall–Kier alpha value is -2.08. The van der Waals surface area contributed by atoms with E-state index in [4.69, 9.17) is 4.74 Å². The molecule has 132 valence electrons. The van der Waals surface area contributed by atoms with Crippen molar-refractivity contribution in [3.05, 3.63) is 29.8 Å². The fraction of sp³-hybridized carbons (Fsp3) is 0.556. The van der Waals surface area contributed by atoms with Crippen molar-refractivity contribution in [1.82, 2.24) is 15.5 Å². The maximum Gasteiger partial charge on any atom is 0.241 e. The Balaban J connectivity index is 2.28. The third-order valence-corrected chi connectivity index (χ3v) is 4.29. The standard InChI is InChI=1S/C18H27N3O3/c1-12(2)20-17(22)15-6-5-11-21(15)16(18(23)19-3)13-7-9-14(24-4)10-8-13/h7-10,12,15-16H,5-6,11H2,1-4H3,(H,19,23)(H,20,22)/t15-,16+/m0/s1. The molecule has 24 heavy (non-hydrogen) atoms. The van der Waals surface area contributed by atoms with Gasteiger partial charge >= 0.3 is 0 Å². The van der Waals surface area contributed by atoms with E-state index in [-0.39, 0.29) is 23.9 Å². The van der Waals surface area contributed by atoms with Gasteiger partial charge in [0.25, 0.3) is 0 Å². The molecule has 2 amide bonds.